The van der Waals surface area contributed by atoms with E-state index < -0.39 is 58.8 Å². The quantitative estimate of drug-likeness (QED) is 0.178. The van der Waals surface area contributed by atoms with Crippen LogP contribution in [0.1, 0.15) is 17.3 Å². The Kier molecular flexibility index (Phi) is 5.44. The highest BCUT2D eigenvalue weighted by Crippen LogP contribution is 2.35. The van der Waals surface area contributed by atoms with Gasteiger partial charge in [0.2, 0.25) is 11.6 Å². The second-order valence-electron chi connectivity index (χ2n) is 4.72. The van der Waals surface area contributed by atoms with Gasteiger partial charge in [-0.3, -0.25) is 9.59 Å². The van der Waals surface area contributed by atoms with E-state index in [1.54, 1.807) is 0 Å². The van der Waals surface area contributed by atoms with Crippen molar-refractivity contribution in [3.63, 3.8) is 0 Å². The van der Waals surface area contributed by atoms with Gasteiger partial charge >= 0.3 is 0 Å². The van der Waals surface area contributed by atoms with Crippen LogP contribution in [0.25, 0.3) is 0 Å². The van der Waals surface area contributed by atoms with E-state index in [4.69, 9.17) is 10.2 Å². The van der Waals surface area contributed by atoms with Gasteiger partial charge in [-0.2, -0.15) is 0 Å². The minimum atomic E-state index is -2.32. The number of carbonyl (C=O) groups is 2. The van der Waals surface area contributed by atoms with Gasteiger partial charge in [0.15, 0.2) is 17.2 Å². The molecule has 0 unspecified atom stereocenters. The first kappa shape index (κ1) is 17.9. The Morgan fingerprint density at radius 1 is 0.909 bits per heavy atom. The molecule has 0 spiro atoms. The predicted octanol–water partition coefficient (Wildman–Crippen LogP) is -1.98. The lowest BCUT2D eigenvalue weighted by molar-refractivity contribution is -0.139. The lowest BCUT2D eigenvalue weighted by atomic mass is 9.96. The first-order valence-electron chi connectivity index (χ1n) is 6.13. The Bertz CT molecular complexity index is 558. The Morgan fingerprint density at radius 2 is 1.36 bits per heavy atom. The lowest BCUT2D eigenvalue weighted by Crippen LogP contribution is -2.48. The highest BCUT2D eigenvalue weighted by atomic mass is 16.4. The number of Topliss-reactive ketones (excluding diaryl/α,β-unsaturated/α-hetero) is 2. The van der Waals surface area contributed by atoms with Crippen LogP contribution in [0.2, 0.25) is 0 Å². The van der Waals surface area contributed by atoms with E-state index in [0.717, 1.165) is 6.92 Å². The molecule has 0 fully saturated rings. The zero-order chi connectivity index (χ0) is 17.2. The number of phenols is 3. The molecule has 0 saturated carbocycles. The fourth-order valence-electron chi connectivity index (χ4n) is 1.64. The summed E-state index contributed by atoms with van der Waals surface area (Å²) in [5, 5.41) is 65.2. The molecule has 0 aliphatic heterocycles. The number of benzene rings is 1. The Balaban J connectivity index is 3.00. The monoisotopic (exact) mass is 316 g/mol. The van der Waals surface area contributed by atoms with Crippen molar-refractivity contribution >= 4 is 11.6 Å². The van der Waals surface area contributed by atoms with Crippen molar-refractivity contribution in [2.24, 2.45) is 0 Å². The number of rotatable bonds is 6. The zero-order valence-electron chi connectivity index (χ0n) is 11.4. The molecular formula is C13H16O9. The molecule has 9 nitrogen and oxygen atoms in total. The molecule has 1 rings (SSSR count). The SMILES string of the molecule is C[C@H](O)[C@H](O)[C@@H](O)[C@@H](O)C(=O)C(=O)c1cc(O)c(O)c(O)c1. The number of carbonyl (C=O) groups excluding carboxylic acids is 2. The van der Waals surface area contributed by atoms with Crippen LogP contribution in [0.5, 0.6) is 17.2 Å². The van der Waals surface area contributed by atoms with Gasteiger partial charge < -0.3 is 35.7 Å². The van der Waals surface area contributed by atoms with Gasteiger partial charge in [0.1, 0.15) is 18.3 Å². The maximum atomic E-state index is 11.8. The van der Waals surface area contributed by atoms with Gasteiger partial charge in [-0.05, 0) is 19.1 Å². The zero-order valence-corrected chi connectivity index (χ0v) is 11.4. The summed E-state index contributed by atoms with van der Waals surface area (Å²) in [5.41, 5.74) is -0.546. The third-order valence-corrected chi connectivity index (χ3v) is 2.99. The molecule has 7 N–H and O–H groups in total. The van der Waals surface area contributed by atoms with Crippen LogP contribution in [-0.4, -0.2) is 71.7 Å². The normalized spacial score (nSPS) is 16.6. The van der Waals surface area contributed by atoms with Crippen LogP contribution < -0.4 is 0 Å². The molecule has 4 atom stereocenters. The summed E-state index contributed by atoms with van der Waals surface area (Å²) in [6, 6.07) is 1.36. The molecule has 1 aromatic carbocycles. The van der Waals surface area contributed by atoms with Gasteiger partial charge in [-0.15, -0.1) is 0 Å². The van der Waals surface area contributed by atoms with Crippen molar-refractivity contribution in [1.29, 1.82) is 0 Å². The summed E-state index contributed by atoms with van der Waals surface area (Å²) < 4.78 is 0. The minimum Gasteiger partial charge on any atom is -0.504 e. The highest BCUT2D eigenvalue weighted by Gasteiger charge is 2.36. The molecule has 0 aliphatic carbocycles. The Labute approximate surface area is 124 Å². The highest BCUT2D eigenvalue weighted by molar-refractivity contribution is 6.45. The van der Waals surface area contributed by atoms with Crippen molar-refractivity contribution in [2.75, 3.05) is 0 Å². The molecule has 0 amide bonds. The largest absolute Gasteiger partial charge is 0.504 e. The van der Waals surface area contributed by atoms with Crippen molar-refractivity contribution in [1.82, 2.24) is 0 Å². The average molecular weight is 316 g/mol. The number of phenolic OH excluding ortho intramolecular Hbond substituents is 3. The van der Waals surface area contributed by atoms with Crippen LogP contribution >= 0.6 is 0 Å². The minimum absolute atomic E-state index is 0.546. The van der Waals surface area contributed by atoms with Crippen molar-refractivity contribution in [3.05, 3.63) is 17.7 Å². The van der Waals surface area contributed by atoms with E-state index in [-0.39, 0.29) is 0 Å². The Hall–Kier alpha value is -2.20. The predicted molar refractivity (Wildman–Crippen MR) is 70.5 cm³/mol. The van der Waals surface area contributed by atoms with E-state index in [2.05, 4.69) is 0 Å². The van der Waals surface area contributed by atoms with Crippen LogP contribution in [-0.2, 0) is 4.79 Å². The van der Waals surface area contributed by atoms with E-state index in [9.17, 15) is 35.1 Å². The number of hydrogen-bond donors (Lipinski definition) is 7. The van der Waals surface area contributed by atoms with Crippen LogP contribution in [0.3, 0.4) is 0 Å². The number of ketones is 2. The fraction of sp³-hybridized carbons (Fsp3) is 0.385. The number of aromatic hydroxyl groups is 3. The van der Waals surface area contributed by atoms with E-state index >= 15 is 0 Å². The third-order valence-electron chi connectivity index (χ3n) is 2.99. The van der Waals surface area contributed by atoms with Gasteiger partial charge in [0.25, 0.3) is 0 Å². The molecule has 9 heteroatoms. The van der Waals surface area contributed by atoms with Crippen molar-refractivity contribution in [2.45, 2.75) is 31.3 Å². The van der Waals surface area contributed by atoms with Gasteiger partial charge in [-0.1, -0.05) is 0 Å². The number of aliphatic hydroxyl groups excluding tert-OH is 4. The molecule has 0 saturated heterocycles. The maximum absolute atomic E-state index is 11.8. The molecule has 1 aromatic rings. The first-order chi connectivity index (χ1) is 10.1. The summed E-state index contributed by atoms with van der Waals surface area (Å²) in [6.07, 6.45) is -7.77. The third kappa shape index (κ3) is 3.52. The number of hydrogen-bond acceptors (Lipinski definition) is 9. The molecule has 22 heavy (non-hydrogen) atoms. The molecule has 0 aliphatic rings. The van der Waals surface area contributed by atoms with Crippen molar-refractivity contribution < 1.29 is 45.3 Å². The van der Waals surface area contributed by atoms with E-state index in [0.29, 0.717) is 12.1 Å². The second-order valence-corrected chi connectivity index (χ2v) is 4.72. The van der Waals surface area contributed by atoms with Gasteiger partial charge in [0, 0.05) is 5.56 Å². The Morgan fingerprint density at radius 3 is 1.77 bits per heavy atom. The average Bonchev–Trinajstić information content (AvgIpc) is 2.48. The summed E-state index contributed by atoms with van der Waals surface area (Å²) in [7, 11) is 0. The van der Waals surface area contributed by atoms with Gasteiger partial charge in [-0.25, -0.2) is 0 Å². The number of aliphatic hydroxyl groups is 4. The van der Waals surface area contributed by atoms with Crippen molar-refractivity contribution in [3.8, 4) is 17.2 Å². The summed E-state index contributed by atoms with van der Waals surface area (Å²) >= 11 is 0. The van der Waals surface area contributed by atoms with Crippen LogP contribution in [0.15, 0.2) is 12.1 Å². The molecule has 122 valence electrons. The summed E-state index contributed by atoms with van der Waals surface area (Å²) in [4.78, 5) is 23.6. The van der Waals surface area contributed by atoms with Crippen LogP contribution in [0.4, 0.5) is 0 Å². The van der Waals surface area contributed by atoms with E-state index in [1.165, 1.54) is 0 Å². The molecular weight excluding hydrogens is 300 g/mol. The first-order valence-corrected chi connectivity index (χ1v) is 6.13. The second kappa shape index (κ2) is 6.71. The smallest absolute Gasteiger partial charge is 0.234 e. The van der Waals surface area contributed by atoms with Gasteiger partial charge in [0.05, 0.1) is 6.10 Å². The molecule has 0 radical (unpaired) electrons. The van der Waals surface area contributed by atoms with Crippen LogP contribution in [0, 0.1) is 0 Å². The summed E-state index contributed by atoms with van der Waals surface area (Å²) in [5.74, 6) is -5.54. The lowest BCUT2D eigenvalue weighted by Gasteiger charge is -2.23. The molecule has 0 aromatic heterocycles. The summed E-state index contributed by atoms with van der Waals surface area (Å²) in [6.45, 7) is 1.10. The standard InChI is InChI=1S/C13H16O9/c1-4(14)8(17)11(20)13(22)12(21)9(18)5-2-6(15)10(19)7(16)3-5/h2-4,8,11,13-17,19-20,22H,1H3/t4-,8-,11+,13+/m0/s1. The maximum Gasteiger partial charge on any atom is 0.234 e. The van der Waals surface area contributed by atoms with E-state index in [1.807, 2.05) is 0 Å². The topological polar surface area (TPSA) is 176 Å². The molecule has 0 bridgehead atoms. The fourth-order valence-corrected chi connectivity index (χ4v) is 1.64. The molecule has 0 heterocycles.